The summed E-state index contributed by atoms with van der Waals surface area (Å²) >= 11 is 18.6. The number of ether oxygens (including phenoxy) is 1. The summed E-state index contributed by atoms with van der Waals surface area (Å²) < 4.78 is 5.82. The van der Waals surface area contributed by atoms with Crippen molar-refractivity contribution >= 4 is 40.6 Å². The number of rotatable bonds is 7. The van der Waals surface area contributed by atoms with Gasteiger partial charge in [0, 0.05) is 12.2 Å². The lowest BCUT2D eigenvalue weighted by Crippen LogP contribution is -2.08. The molecule has 0 saturated carbocycles. The molecule has 1 atom stereocenters. The molecule has 0 aliphatic heterocycles. The van der Waals surface area contributed by atoms with Gasteiger partial charge in [-0.15, -0.1) is 11.6 Å². The van der Waals surface area contributed by atoms with E-state index in [1.165, 1.54) is 6.33 Å². The summed E-state index contributed by atoms with van der Waals surface area (Å²) in [6.45, 7) is 6.38. The van der Waals surface area contributed by atoms with Crippen LogP contribution in [0.25, 0.3) is 0 Å². The molecule has 2 heterocycles. The molecular formula is C21H21Cl3N4O. The predicted octanol–water partition coefficient (Wildman–Crippen LogP) is 6.54. The standard InChI is InChI=1S/C21H21Cl3N4O/c1-12-10-17(23)21(28-14(12)3)29-16-6-4-15(5-7-16)8-9-25-20-18(24)19(13(2)22)26-11-27-20/h4-7,10-11,13H,8-9H2,1-3H3,(H,25,26,27). The van der Waals surface area contributed by atoms with E-state index in [1.807, 2.05) is 51.1 Å². The van der Waals surface area contributed by atoms with Gasteiger partial charge in [-0.2, -0.15) is 0 Å². The summed E-state index contributed by atoms with van der Waals surface area (Å²) in [4.78, 5) is 12.7. The molecule has 8 heteroatoms. The molecule has 5 nitrogen and oxygen atoms in total. The van der Waals surface area contributed by atoms with Crippen LogP contribution in [-0.2, 0) is 6.42 Å². The number of halogens is 3. The van der Waals surface area contributed by atoms with Gasteiger partial charge in [0.2, 0.25) is 5.88 Å². The number of benzene rings is 1. The first-order valence-corrected chi connectivity index (χ1v) is 10.3. The van der Waals surface area contributed by atoms with Crippen LogP contribution in [0.1, 0.15) is 34.8 Å². The molecule has 0 radical (unpaired) electrons. The third kappa shape index (κ3) is 5.50. The van der Waals surface area contributed by atoms with Crippen LogP contribution in [-0.4, -0.2) is 21.5 Å². The SMILES string of the molecule is Cc1cc(Cl)c(Oc2ccc(CCNc3ncnc(C(C)Cl)c3Cl)cc2)nc1C. The average molecular weight is 452 g/mol. The minimum atomic E-state index is -0.279. The normalized spacial score (nSPS) is 11.9. The maximum Gasteiger partial charge on any atom is 0.238 e. The molecule has 0 aliphatic rings. The van der Waals surface area contributed by atoms with Crippen molar-refractivity contribution in [3.63, 3.8) is 0 Å². The Kier molecular flexibility index (Phi) is 7.17. The van der Waals surface area contributed by atoms with Crippen molar-refractivity contribution in [3.05, 3.63) is 69.2 Å². The summed E-state index contributed by atoms with van der Waals surface area (Å²) in [7, 11) is 0. The van der Waals surface area contributed by atoms with Gasteiger partial charge in [0.05, 0.1) is 11.1 Å². The molecular weight excluding hydrogens is 431 g/mol. The Bertz CT molecular complexity index is 994. The first-order chi connectivity index (χ1) is 13.8. The van der Waals surface area contributed by atoms with Gasteiger partial charge >= 0.3 is 0 Å². The number of hydrogen-bond acceptors (Lipinski definition) is 5. The van der Waals surface area contributed by atoms with Crippen molar-refractivity contribution in [1.82, 2.24) is 15.0 Å². The molecule has 0 fully saturated rings. The summed E-state index contributed by atoms with van der Waals surface area (Å²) in [5, 5.41) is 3.90. The van der Waals surface area contributed by atoms with E-state index in [0.29, 0.717) is 39.7 Å². The lowest BCUT2D eigenvalue weighted by atomic mass is 10.1. The largest absolute Gasteiger partial charge is 0.438 e. The highest BCUT2D eigenvalue weighted by atomic mass is 35.5. The summed E-state index contributed by atoms with van der Waals surface area (Å²) in [6.07, 6.45) is 2.25. The number of aryl methyl sites for hydroxylation is 2. The predicted molar refractivity (Wildman–Crippen MR) is 119 cm³/mol. The van der Waals surface area contributed by atoms with Crippen LogP contribution in [0.4, 0.5) is 5.82 Å². The molecule has 0 spiro atoms. The minimum Gasteiger partial charge on any atom is -0.438 e. The fourth-order valence-electron chi connectivity index (χ4n) is 2.67. The molecule has 0 amide bonds. The van der Waals surface area contributed by atoms with E-state index in [-0.39, 0.29) is 5.38 Å². The van der Waals surface area contributed by atoms with E-state index in [4.69, 9.17) is 39.5 Å². The second kappa shape index (κ2) is 9.61. The quantitative estimate of drug-likeness (QED) is 0.413. The fraction of sp³-hybridized carbons (Fsp3) is 0.286. The second-order valence-corrected chi connectivity index (χ2v) is 8.08. The second-order valence-electron chi connectivity index (χ2n) is 6.64. The zero-order valence-corrected chi connectivity index (χ0v) is 18.6. The molecule has 1 N–H and O–H groups in total. The van der Waals surface area contributed by atoms with Crippen molar-refractivity contribution in [2.75, 3.05) is 11.9 Å². The van der Waals surface area contributed by atoms with Gasteiger partial charge in [-0.25, -0.2) is 15.0 Å². The van der Waals surface area contributed by atoms with Crippen LogP contribution in [0, 0.1) is 13.8 Å². The number of hydrogen-bond donors (Lipinski definition) is 1. The molecule has 152 valence electrons. The first-order valence-electron chi connectivity index (χ1n) is 9.14. The van der Waals surface area contributed by atoms with E-state index < -0.39 is 0 Å². The Labute approximate surface area is 185 Å². The minimum absolute atomic E-state index is 0.279. The smallest absolute Gasteiger partial charge is 0.238 e. The molecule has 29 heavy (non-hydrogen) atoms. The highest BCUT2D eigenvalue weighted by Gasteiger charge is 2.13. The Balaban J connectivity index is 1.59. The van der Waals surface area contributed by atoms with Crippen molar-refractivity contribution < 1.29 is 4.74 Å². The van der Waals surface area contributed by atoms with E-state index in [1.54, 1.807) is 0 Å². The highest BCUT2D eigenvalue weighted by Crippen LogP contribution is 2.30. The molecule has 3 rings (SSSR count). The van der Waals surface area contributed by atoms with E-state index >= 15 is 0 Å². The molecule has 3 aromatic rings. The number of aromatic nitrogens is 3. The van der Waals surface area contributed by atoms with Gasteiger partial charge in [0.1, 0.15) is 27.9 Å². The molecule has 0 bridgehead atoms. The number of anilines is 1. The Hall–Kier alpha value is -2.08. The van der Waals surface area contributed by atoms with Crippen molar-refractivity contribution in [2.45, 2.75) is 32.6 Å². The van der Waals surface area contributed by atoms with Gasteiger partial charge in [-0.1, -0.05) is 35.3 Å². The summed E-state index contributed by atoms with van der Waals surface area (Å²) in [6, 6.07) is 9.65. The van der Waals surface area contributed by atoms with Crippen LogP contribution in [0.15, 0.2) is 36.7 Å². The Morgan fingerprint density at radius 2 is 1.83 bits per heavy atom. The molecule has 0 saturated heterocycles. The van der Waals surface area contributed by atoms with Gasteiger partial charge in [-0.3, -0.25) is 0 Å². The molecule has 2 aromatic heterocycles. The monoisotopic (exact) mass is 450 g/mol. The molecule has 0 aliphatic carbocycles. The van der Waals surface area contributed by atoms with Gasteiger partial charge in [0.25, 0.3) is 0 Å². The van der Waals surface area contributed by atoms with Crippen LogP contribution in [0.3, 0.4) is 0 Å². The third-order valence-electron chi connectivity index (χ3n) is 4.42. The zero-order valence-electron chi connectivity index (χ0n) is 16.3. The average Bonchev–Trinajstić information content (AvgIpc) is 2.68. The third-order valence-corrected chi connectivity index (χ3v) is 5.27. The van der Waals surface area contributed by atoms with Crippen molar-refractivity contribution in [3.8, 4) is 11.6 Å². The van der Waals surface area contributed by atoms with Crippen LogP contribution >= 0.6 is 34.8 Å². The van der Waals surface area contributed by atoms with Gasteiger partial charge in [-0.05, 0) is 56.5 Å². The Morgan fingerprint density at radius 1 is 1.10 bits per heavy atom. The lowest BCUT2D eigenvalue weighted by molar-refractivity contribution is 0.461. The number of pyridine rings is 1. The van der Waals surface area contributed by atoms with Gasteiger partial charge < -0.3 is 10.1 Å². The summed E-state index contributed by atoms with van der Waals surface area (Å²) in [5.74, 6) is 1.67. The van der Waals surface area contributed by atoms with Gasteiger partial charge in [0.15, 0.2) is 0 Å². The maximum atomic E-state index is 6.31. The topological polar surface area (TPSA) is 59.9 Å². The number of alkyl halides is 1. The Morgan fingerprint density at radius 3 is 2.52 bits per heavy atom. The fourth-order valence-corrected chi connectivity index (χ4v) is 3.46. The number of nitrogens with one attached hydrogen (secondary N) is 1. The van der Waals surface area contributed by atoms with Crippen molar-refractivity contribution in [2.24, 2.45) is 0 Å². The summed E-state index contributed by atoms with van der Waals surface area (Å²) in [5.41, 5.74) is 3.68. The highest BCUT2D eigenvalue weighted by molar-refractivity contribution is 6.34. The number of nitrogens with zero attached hydrogens (tertiary/aromatic N) is 3. The zero-order chi connectivity index (χ0) is 21.0. The van der Waals surface area contributed by atoms with E-state index in [2.05, 4.69) is 20.3 Å². The van der Waals surface area contributed by atoms with E-state index in [9.17, 15) is 0 Å². The van der Waals surface area contributed by atoms with Crippen LogP contribution in [0.2, 0.25) is 10.0 Å². The van der Waals surface area contributed by atoms with Crippen molar-refractivity contribution in [1.29, 1.82) is 0 Å². The van der Waals surface area contributed by atoms with Crippen LogP contribution < -0.4 is 10.1 Å². The molecule has 1 unspecified atom stereocenters. The lowest BCUT2D eigenvalue weighted by Gasteiger charge is -2.12. The van der Waals surface area contributed by atoms with Crippen LogP contribution in [0.5, 0.6) is 11.6 Å². The molecule has 1 aromatic carbocycles. The van der Waals surface area contributed by atoms with E-state index in [0.717, 1.165) is 23.2 Å². The first kappa shape index (κ1) is 21.6. The maximum absolute atomic E-state index is 6.31.